The van der Waals surface area contributed by atoms with E-state index in [0.717, 1.165) is 49.2 Å². The number of hydrogen-bond donors (Lipinski definition) is 0. The highest BCUT2D eigenvalue weighted by molar-refractivity contribution is 5.79. The van der Waals surface area contributed by atoms with Crippen LogP contribution >= 0.6 is 0 Å². The second-order valence-corrected chi connectivity index (χ2v) is 10.8. The molecule has 2 nitrogen and oxygen atoms in total. The van der Waals surface area contributed by atoms with Crippen LogP contribution in [-0.4, -0.2) is 19.0 Å². The molecule has 0 saturated heterocycles. The summed E-state index contributed by atoms with van der Waals surface area (Å²) < 4.78 is 5.78. The summed E-state index contributed by atoms with van der Waals surface area (Å²) in [6.07, 6.45) is 12.2. The normalized spacial score (nSPS) is 50.6. The molecule has 148 valence electrons. The van der Waals surface area contributed by atoms with Gasteiger partial charge in [-0.1, -0.05) is 13.8 Å². The van der Waals surface area contributed by atoms with Gasteiger partial charge in [-0.3, -0.25) is 4.79 Å². The Kier molecular flexibility index (Phi) is 5.04. The number of ether oxygens (including phenoxy) is 1. The highest BCUT2D eigenvalue weighted by atomic mass is 16.5. The molecule has 4 aliphatic carbocycles. The van der Waals surface area contributed by atoms with E-state index >= 15 is 0 Å². The zero-order valence-electron chi connectivity index (χ0n) is 17.6. The minimum Gasteiger partial charge on any atom is -0.381 e. The van der Waals surface area contributed by atoms with Gasteiger partial charge in [-0.25, -0.2) is 0 Å². The van der Waals surface area contributed by atoms with Crippen LogP contribution in [0.25, 0.3) is 0 Å². The molecule has 4 fully saturated rings. The maximum Gasteiger partial charge on any atom is 0.133 e. The first-order valence-corrected chi connectivity index (χ1v) is 11.5. The molecule has 8 atom stereocenters. The second kappa shape index (κ2) is 6.90. The quantitative estimate of drug-likeness (QED) is 0.625. The number of hydrogen-bond acceptors (Lipinski definition) is 2. The van der Waals surface area contributed by atoms with Gasteiger partial charge in [0.05, 0.1) is 0 Å². The van der Waals surface area contributed by atoms with Crippen molar-refractivity contribution in [3.8, 4) is 0 Å². The second-order valence-electron chi connectivity index (χ2n) is 10.8. The summed E-state index contributed by atoms with van der Waals surface area (Å²) >= 11 is 0. The van der Waals surface area contributed by atoms with Gasteiger partial charge >= 0.3 is 0 Å². The van der Waals surface area contributed by atoms with Crippen LogP contribution < -0.4 is 0 Å². The molecule has 0 aromatic carbocycles. The molecule has 0 radical (unpaired) electrons. The van der Waals surface area contributed by atoms with E-state index < -0.39 is 0 Å². The minimum atomic E-state index is 0.312. The lowest BCUT2D eigenvalue weighted by Crippen LogP contribution is -2.52. The fourth-order valence-electron chi connectivity index (χ4n) is 8.52. The van der Waals surface area contributed by atoms with Crippen LogP contribution in [0.15, 0.2) is 0 Å². The lowest BCUT2D eigenvalue weighted by atomic mass is 9.45. The molecular weight excluding hydrogens is 320 g/mol. The first-order chi connectivity index (χ1) is 12.4. The molecule has 0 aliphatic heterocycles. The maximum absolute atomic E-state index is 12.3. The molecule has 4 aliphatic rings. The summed E-state index contributed by atoms with van der Waals surface area (Å²) in [5.74, 6) is 5.19. The molecule has 0 aromatic rings. The summed E-state index contributed by atoms with van der Waals surface area (Å²) in [4.78, 5) is 12.3. The Hall–Kier alpha value is -0.370. The van der Waals surface area contributed by atoms with Crippen LogP contribution in [0.1, 0.15) is 85.5 Å². The highest BCUT2D eigenvalue weighted by Gasteiger charge is 2.59. The number of carbonyl (C=O) groups excluding carboxylic acids is 1. The molecular formula is C24H40O2. The SMILES string of the molecule is CCOCC1CCC2C3CCC4(C)C(C(C)=O)CCC4C3CC[C@]2(C)C1. The molecule has 0 amide bonds. The molecule has 0 heterocycles. The lowest BCUT2D eigenvalue weighted by Gasteiger charge is -2.60. The standard InChI is InChI=1S/C24H40O2/c1-5-26-15-17-6-7-21-18-11-13-24(4)20(16(2)25)8-9-22(24)19(18)10-12-23(21,3)14-17/h17-22H,5-15H2,1-4H3/t17?,18?,19?,20?,21?,22?,23-,24?/m1/s1. The van der Waals surface area contributed by atoms with Gasteiger partial charge in [0.25, 0.3) is 0 Å². The van der Waals surface area contributed by atoms with E-state index in [1.807, 2.05) is 6.92 Å². The summed E-state index contributed by atoms with van der Waals surface area (Å²) in [5, 5.41) is 0. The van der Waals surface area contributed by atoms with Crippen LogP contribution in [0.3, 0.4) is 0 Å². The summed E-state index contributed by atoms with van der Waals surface area (Å²) in [7, 11) is 0. The topological polar surface area (TPSA) is 26.3 Å². The van der Waals surface area contributed by atoms with Gasteiger partial charge < -0.3 is 4.74 Å². The first kappa shape index (κ1) is 19.0. The van der Waals surface area contributed by atoms with Gasteiger partial charge in [-0.05, 0) is 112 Å². The molecule has 0 bridgehead atoms. The van der Waals surface area contributed by atoms with Crippen molar-refractivity contribution in [3.63, 3.8) is 0 Å². The largest absolute Gasteiger partial charge is 0.381 e. The monoisotopic (exact) mass is 360 g/mol. The molecule has 0 aromatic heterocycles. The third-order valence-corrected chi connectivity index (χ3v) is 9.64. The number of Topliss-reactive ketones (excluding diaryl/α,β-unsaturated/α-hetero) is 1. The Morgan fingerprint density at radius 1 is 0.962 bits per heavy atom. The Labute approximate surface area is 160 Å². The molecule has 26 heavy (non-hydrogen) atoms. The average molecular weight is 361 g/mol. The van der Waals surface area contributed by atoms with Gasteiger partial charge in [0.1, 0.15) is 5.78 Å². The fourth-order valence-corrected chi connectivity index (χ4v) is 8.52. The molecule has 2 heteroatoms. The van der Waals surface area contributed by atoms with Crippen molar-refractivity contribution in [2.75, 3.05) is 13.2 Å². The molecule has 0 spiro atoms. The Balaban J connectivity index is 1.50. The van der Waals surface area contributed by atoms with E-state index in [4.69, 9.17) is 4.74 Å². The van der Waals surface area contributed by atoms with Crippen LogP contribution in [0, 0.1) is 46.3 Å². The predicted octanol–water partition coefficient (Wildman–Crippen LogP) is 5.89. The van der Waals surface area contributed by atoms with E-state index in [9.17, 15) is 4.79 Å². The molecule has 0 N–H and O–H groups in total. The number of ketones is 1. The van der Waals surface area contributed by atoms with Gasteiger partial charge in [-0.15, -0.1) is 0 Å². The van der Waals surface area contributed by atoms with Gasteiger partial charge in [0.15, 0.2) is 0 Å². The van der Waals surface area contributed by atoms with Crippen molar-refractivity contribution in [2.24, 2.45) is 46.3 Å². The fraction of sp³-hybridized carbons (Fsp3) is 0.958. The first-order valence-electron chi connectivity index (χ1n) is 11.5. The van der Waals surface area contributed by atoms with Crippen molar-refractivity contribution in [1.29, 1.82) is 0 Å². The van der Waals surface area contributed by atoms with Crippen LogP contribution in [0.5, 0.6) is 0 Å². The van der Waals surface area contributed by atoms with Crippen molar-refractivity contribution in [2.45, 2.75) is 85.5 Å². The van der Waals surface area contributed by atoms with E-state index in [-0.39, 0.29) is 0 Å². The van der Waals surface area contributed by atoms with Crippen molar-refractivity contribution in [1.82, 2.24) is 0 Å². The molecule has 4 rings (SSSR count). The van der Waals surface area contributed by atoms with Gasteiger partial charge in [0.2, 0.25) is 0 Å². The maximum atomic E-state index is 12.3. The van der Waals surface area contributed by atoms with Gasteiger partial charge in [-0.2, -0.15) is 0 Å². The van der Waals surface area contributed by atoms with Gasteiger partial charge in [0, 0.05) is 19.1 Å². The Morgan fingerprint density at radius 2 is 1.65 bits per heavy atom. The smallest absolute Gasteiger partial charge is 0.133 e. The van der Waals surface area contributed by atoms with E-state index in [2.05, 4.69) is 20.8 Å². The predicted molar refractivity (Wildman–Crippen MR) is 106 cm³/mol. The third kappa shape index (κ3) is 2.90. The minimum absolute atomic E-state index is 0.312. The number of rotatable bonds is 4. The summed E-state index contributed by atoms with van der Waals surface area (Å²) in [5.41, 5.74) is 0.862. The van der Waals surface area contributed by atoms with Crippen molar-refractivity contribution >= 4 is 5.78 Å². The van der Waals surface area contributed by atoms with Crippen LogP contribution in [0.4, 0.5) is 0 Å². The molecule has 7 unspecified atom stereocenters. The summed E-state index contributed by atoms with van der Waals surface area (Å²) in [6, 6.07) is 0. The van der Waals surface area contributed by atoms with E-state index in [0.29, 0.717) is 22.5 Å². The zero-order valence-corrected chi connectivity index (χ0v) is 17.6. The van der Waals surface area contributed by atoms with E-state index in [1.54, 1.807) is 0 Å². The Bertz CT molecular complexity index is 542. The van der Waals surface area contributed by atoms with Crippen molar-refractivity contribution < 1.29 is 9.53 Å². The zero-order chi connectivity index (χ0) is 18.5. The van der Waals surface area contributed by atoms with Crippen LogP contribution in [0.2, 0.25) is 0 Å². The van der Waals surface area contributed by atoms with Crippen LogP contribution in [-0.2, 0) is 9.53 Å². The number of carbonyl (C=O) groups is 1. The Morgan fingerprint density at radius 3 is 2.38 bits per heavy atom. The number of fused-ring (bicyclic) bond motifs is 5. The lowest BCUT2D eigenvalue weighted by molar-refractivity contribution is -0.132. The third-order valence-electron chi connectivity index (χ3n) is 9.64. The summed E-state index contributed by atoms with van der Waals surface area (Å²) in [6.45, 7) is 10.9. The van der Waals surface area contributed by atoms with Crippen molar-refractivity contribution in [3.05, 3.63) is 0 Å². The van der Waals surface area contributed by atoms with E-state index in [1.165, 1.54) is 51.4 Å². The highest BCUT2D eigenvalue weighted by Crippen LogP contribution is 2.66. The average Bonchev–Trinajstić information content (AvgIpc) is 2.96. The molecule has 4 saturated carbocycles.